The van der Waals surface area contributed by atoms with E-state index in [0.29, 0.717) is 6.42 Å². The van der Waals surface area contributed by atoms with Gasteiger partial charge in [-0.15, -0.1) is 0 Å². The van der Waals surface area contributed by atoms with Crippen LogP contribution in [0.25, 0.3) is 0 Å². The van der Waals surface area contributed by atoms with Crippen LogP contribution in [0.4, 0.5) is 0 Å². The first-order valence-corrected chi connectivity index (χ1v) is 6.44. The molecule has 0 bridgehead atoms. The van der Waals surface area contributed by atoms with Gasteiger partial charge < -0.3 is 9.29 Å². The maximum atomic E-state index is 10.8. The summed E-state index contributed by atoms with van der Waals surface area (Å²) >= 11 is -1.79. The Morgan fingerprint density at radius 1 is 1.50 bits per heavy atom. The molecule has 0 fully saturated rings. The summed E-state index contributed by atoms with van der Waals surface area (Å²) in [6.45, 7) is 0. The van der Waals surface area contributed by atoms with E-state index in [1.807, 2.05) is 18.2 Å². The predicted molar refractivity (Wildman–Crippen MR) is 63.9 cm³/mol. The van der Waals surface area contributed by atoms with Crippen molar-refractivity contribution in [2.45, 2.75) is 24.5 Å². The molecule has 0 heterocycles. The van der Waals surface area contributed by atoms with Gasteiger partial charge in [0.1, 0.15) is 11.5 Å². The van der Waals surface area contributed by atoms with Gasteiger partial charge in [-0.2, -0.15) is 0 Å². The fourth-order valence-corrected chi connectivity index (χ4v) is 2.10. The fourth-order valence-electron chi connectivity index (χ4n) is 1.62. The molecule has 0 saturated carbocycles. The van der Waals surface area contributed by atoms with Crippen LogP contribution in [0, 0.1) is 0 Å². The molecule has 2 aliphatic carbocycles. The average molecular weight is 238 g/mol. The summed E-state index contributed by atoms with van der Waals surface area (Å²) in [6.07, 6.45) is 13.9. The first kappa shape index (κ1) is 11.4. The Kier molecular flexibility index (Phi) is 3.74. The molecule has 1 unspecified atom stereocenters. The molecule has 4 heteroatoms. The van der Waals surface area contributed by atoms with Gasteiger partial charge in [-0.05, 0) is 31.1 Å². The maximum Gasteiger partial charge on any atom is 0.160 e. The third-order valence-electron chi connectivity index (χ3n) is 2.51. The quantitative estimate of drug-likeness (QED) is 0.769. The Morgan fingerprint density at radius 2 is 2.38 bits per heavy atom. The number of hydrogen-bond donors (Lipinski definition) is 1. The molecule has 0 aliphatic heterocycles. The summed E-state index contributed by atoms with van der Waals surface area (Å²) in [5.74, 6) is 1.71. The van der Waals surface area contributed by atoms with Crippen LogP contribution in [-0.4, -0.2) is 14.0 Å². The first-order valence-electron chi connectivity index (χ1n) is 5.27. The SMILES string of the molecule is O=S(O)[C@H]1C=CC(OC2=CC=CCC2)=CC1. The van der Waals surface area contributed by atoms with Crippen molar-refractivity contribution in [2.75, 3.05) is 0 Å². The molecule has 0 radical (unpaired) electrons. The minimum atomic E-state index is -1.79. The minimum absolute atomic E-state index is 0.299. The van der Waals surface area contributed by atoms with Gasteiger partial charge in [0, 0.05) is 6.42 Å². The van der Waals surface area contributed by atoms with E-state index in [1.165, 1.54) is 0 Å². The van der Waals surface area contributed by atoms with Gasteiger partial charge in [-0.1, -0.05) is 18.2 Å². The lowest BCUT2D eigenvalue weighted by Gasteiger charge is -2.16. The molecule has 2 rings (SSSR count). The largest absolute Gasteiger partial charge is 0.462 e. The highest BCUT2D eigenvalue weighted by atomic mass is 32.2. The third-order valence-corrected chi connectivity index (χ3v) is 3.38. The molecule has 0 aromatic carbocycles. The summed E-state index contributed by atoms with van der Waals surface area (Å²) < 4.78 is 25.4. The number of rotatable bonds is 3. The molecule has 0 saturated heterocycles. The standard InChI is InChI=1S/C12H14O3S/c13-16(14)12-8-6-11(7-9-12)15-10-4-2-1-3-5-10/h1-2,4,6-8,12H,3,5,9H2,(H,13,14)/t12-/m0/s1. The predicted octanol–water partition coefficient (Wildman–Crippen LogP) is 2.67. The zero-order chi connectivity index (χ0) is 11.4. The summed E-state index contributed by atoms with van der Waals surface area (Å²) in [5.41, 5.74) is 0. The topological polar surface area (TPSA) is 46.5 Å². The van der Waals surface area contributed by atoms with E-state index in [-0.39, 0.29) is 5.25 Å². The Balaban J connectivity index is 1.93. The lowest BCUT2D eigenvalue weighted by atomic mass is 10.1. The van der Waals surface area contributed by atoms with Gasteiger partial charge in [0.05, 0.1) is 5.25 Å². The van der Waals surface area contributed by atoms with Gasteiger partial charge in [0.15, 0.2) is 11.1 Å². The molecule has 1 N–H and O–H groups in total. The van der Waals surface area contributed by atoms with Crippen LogP contribution >= 0.6 is 0 Å². The van der Waals surface area contributed by atoms with Gasteiger partial charge >= 0.3 is 0 Å². The van der Waals surface area contributed by atoms with E-state index in [9.17, 15) is 4.21 Å². The minimum Gasteiger partial charge on any atom is -0.462 e. The lowest BCUT2D eigenvalue weighted by Crippen LogP contribution is -2.13. The lowest BCUT2D eigenvalue weighted by molar-refractivity contribution is 0.301. The van der Waals surface area contributed by atoms with Crippen molar-refractivity contribution < 1.29 is 13.5 Å². The van der Waals surface area contributed by atoms with Gasteiger partial charge in [-0.25, -0.2) is 4.21 Å². The van der Waals surface area contributed by atoms with Crippen LogP contribution in [0.5, 0.6) is 0 Å². The second-order valence-electron chi connectivity index (χ2n) is 3.72. The van der Waals surface area contributed by atoms with Crippen LogP contribution < -0.4 is 0 Å². The van der Waals surface area contributed by atoms with Crippen LogP contribution in [0.2, 0.25) is 0 Å². The molecule has 3 nitrogen and oxygen atoms in total. The van der Waals surface area contributed by atoms with E-state index in [1.54, 1.807) is 12.2 Å². The van der Waals surface area contributed by atoms with E-state index < -0.39 is 11.1 Å². The molecular formula is C12H14O3S. The monoisotopic (exact) mass is 238 g/mol. The number of allylic oxidation sites excluding steroid dienone is 6. The summed E-state index contributed by atoms with van der Waals surface area (Å²) in [4.78, 5) is 0. The second-order valence-corrected chi connectivity index (χ2v) is 4.88. The highest BCUT2D eigenvalue weighted by molar-refractivity contribution is 7.80. The summed E-state index contributed by atoms with van der Waals surface area (Å²) in [5, 5.41) is -0.299. The van der Waals surface area contributed by atoms with Gasteiger partial charge in [-0.3, -0.25) is 0 Å². The average Bonchev–Trinajstić information content (AvgIpc) is 2.31. The number of ether oxygens (including phenoxy) is 1. The molecule has 0 spiro atoms. The van der Waals surface area contributed by atoms with Crippen LogP contribution in [-0.2, 0) is 15.8 Å². The van der Waals surface area contributed by atoms with Crippen molar-refractivity contribution in [1.82, 2.24) is 0 Å². The fraction of sp³-hybridized carbons (Fsp3) is 0.333. The molecule has 86 valence electrons. The molecule has 2 aliphatic rings. The molecule has 0 amide bonds. The molecule has 0 aromatic heterocycles. The zero-order valence-corrected chi connectivity index (χ0v) is 9.65. The van der Waals surface area contributed by atoms with Crippen molar-refractivity contribution in [3.05, 3.63) is 48.0 Å². The Bertz CT molecular complexity index is 404. The van der Waals surface area contributed by atoms with Crippen molar-refractivity contribution in [3.8, 4) is 0 Å². The maximum absolute atomic E-state index is 10.8. The first-order chi connectivity index (χ1) is 7.75. The van der Waals surface area contributed by atoms with Crippen molar-refractivity contribution >= 4 is 11.1 Å². The van der Waals surface area contributed by atoms with Crippen LogP contribution in [0.1, 0.15) is 19.3 Å². The van der Waals surface area contributed by atoms with Crippen LogP contribution in [0.3, 0.4) is 0 Å². The normalized spacial score (nSPS) is 25.9. The van der Waals surface area contributed by atoms with Crippen LogP contribution in [0.15, 0.2) is 48.0 Å². The van der Waals surface area contributed by atoms with Crippen molar-refractivity contribution in [2.24, 2.45) is 0 Å². The molecular weight excluding hydrogens is 224 g/mol. The molecule has 0 aromatic rings. The van der Waals surface area contributed by atoms with Gasteiger partial charge in [0.25, 0.3) is 0 Å². The highest BCUT2D eigenvalue weighted by Crippen LogP contribution is 2.21. The van der Waals surface area contributed by atoms with E-state index in [0.717, 1.165) is 24.4 Å². The Hall–Kier alpha value is -1.13. The van der Waals surface area contributed by atoms with Crippen molar-refractivity contribution in [1.29, 1.82) is 0 Å². The van der Waals surface area contributed by atoms with Gasteiger partial charge in [0.2, 0.25) is 0 Å². The smallest absolute Gasteiger partial charge is 0.160 e. The highest BCUT2D eigenvalue weighted by Gasteiger charge is 2.15. The number of hydrogen-bond acceptors (Lipinski definition) is 2. The van der Waals surface area contributed by atoms with E-state index >= 15 is 0 Å². The molecule has 16 heavy (non-hydrogen) atoms. The molecule has 2 atom stereocenters. The summed E-state index contributed by atoms with van der Waals surface area (Å²) in [6, 6.07) is 0. The Morgan fingerprint density at radius 3 is 2.94 bits per heavy atom. The summed E-state index contributed by atoms with van der Waals surface area (Å²) in [7, 11) is 0. The zero-order valence-electron chi connectivity index (χ0n) is 8.83. The second kappa shape index (κ2) is 5.27. The van der Waals surface area contributed by atoms with Crippen molar-refractivity contribution in [3.63, 3.8) is 0 Å². The van der Waals surface area contributed by atoms with E-state index in [2.05, 4.69) is 6.08 Å². The van der Waals surface area contributed by atoms with E-state index in [4.69, 9.17) is 9.29 Å². The third kappa shape index (κ3) is 2.93. The Labute approximate surface area is 97.5 Å².